The van der Waals surface area contributed by atoms with Crippen molar-refractivity contribution in [2.24, 2.45) is 0 Å². The quantitative estimate of drug-likeness (QED) is 0.822. The molecule has 0 N–H and O–H groups in total. The molecule has 2 aromatic rings. The molecule has 0 aliphatic heterocycles. The summed E-state index contributed by atoms with van der Waals surface area (Å²) in [5, 5.41) is 0. The third-order valence-corrected chi connectivity index (χ3v) is 3.62. The van der Waals surface area contributed by atoms with E-state index >= 15 is 0 Å². The fraction of sp³-hybridized carbons (Fsp3) is 0.278. The predicted octanol–water partition coefficient (Wildman–Crippen LogP) is 3.04. The van der Waals surface area contributed by atoms with Crippen LogP contribution in [-0.4, -0.2) is 32.1 Å². The van der Waals surface area contributed by atoms with Crippen LogP contribution in [0.2, 0.25) is 0 Å². The third-order valence-electron chi connectivity index (χ3n) is 3.62. The maximum atomic E-state index is 13.7. The topological polar surface area (TPSA) is 38.8 Å². The second kappa shape index (κ2) is 7.63. The SMILES string of the molecule is COc1ccc(OC)c(CC(=O)N(C)Cc2ccccc2F)c1. The molecule has 0 spiro atoms. The first kappa shape index (κ1) is 16.8. The molecule has 0 saturated carbocycles. The predicted molar refractivity (Wildman–Crippen MR) is 86.1 cm³/mol. The standard InChI is InChI=1S/C18H20FNO3/c1-20(12-13-6-4-5-7-16(13)19)18(21)11-14-10-15(22-2)8-9-17(14)23-3/h4-10H,11-12H2,1-3H3. The second-order valence-electron chi connectivity index (χ2n) is 5.20. The maximum Gasteiger partial charge on any atom is 0.227 e. The maximum absolute atomic E-state index is 13.7. The van der Waals surface area contributed by atoms with Gasteiger partial charge < -0.3 is 14.4 Å². The zero-order valence-electron chi connectivity index (χ0n) is 13.5. The van der Waals surface area contributed by atoms with Crippen molar-refractivity contribution in [3.8, 4) is 11.5 Å². The molecule has 0 saturated heterocycles. The van der Waals surface area contributed by atoms with Gasteiger partial charge in [-0.3, -0.25) is 4.79 Å². The van der Waals surface area contributed by atoms with Crippen molar-refractivity contribution in [3.05, 3.63) is 59.4 Å². The van der Waals surface area contributed by atoms with Gasteiger partial charge in [0.15, 0.2) is 0 Å². The fourth-order valence-electron chi connectivity index (χ4n) is 2.29. The van der Waals surface area contributed by atoms with Crippen LogP contribution in [0.4, 0.5) is 4.39 Å². The van der Waals surface area contributed by atoms with E-state index in [1.807, 2.05) is 0 Å². The number of carbonyl (C=O) groups excluding carboxylic acids is 1. The van der Waals surface area contributed by atoms with Gasteiger partial charge in [0.2, 0.25) is 5.91 Å². The van der Waals surface area contributed by atoms with Crippen molar-refractivity contribution >= 4 is 5.91 Å². The number of benzene rings is 2. The van der Waals surface area contributed by atoms with Gasteiger partial charge in [-0.05, 0) is 24.3 Å². The first-order chi connectivity index (χ1) is 11.0. The summed E-state index contributed by atoms with van der Waals surface area (Å²) in [6.45, 7) is 0.220. The summed E-state index contributed by atoms with van der Waals surface area (Å²) < 4.78 is 24.1. The molecular formula is C18H20FNO3. The highest BCUT2D eigenvalue weighted by Gasteiger charge is 2.15. The third kappa shape index (κ3) is 4.22. The van der Waals surface area contributed by atoms with Gasteiger partial charge in [0.05, 0.1) is 20.6 Å². The van der Waals surface area contributed by atoms with Crippen molar-refractivity contribution in [1.29, 1.82) is 0 Å². The van der Waals surface area contributed by atoms with Crippen LogP contribution in [0.25, 0.3) is 0 Å². The Morgan fingerprint density at radius 3 is 2.48 bits per heavy atom. The molecule has 0 aromatic heterocycles. The normalized spacial score (nSPS) is 10.3. The van der Waals surface area contributed by atoms with Gasteiger partial charge in [-0.2, -0.15) is 0 Å². The van der Waals surface area contributed by atoms with Crippen molar-refractivity contribution in [2.45, 2.75) is 13.0 Å². The Labute approximate surface area is 135 Å². The average molecular weight is 317 g/mol. The van der Waals surface area contributed by atoms with E-state index in [1.165, 1.54) is 11.0 Å². The Morgan fingerprint density at radius 2 is 1.83 bits per heavy atom. The second-order valence-corrected chi connectivity index (χ2v) is 5.20. The summed E-state index contributed by atoms with van der Waals surface area (Å²) in [4.78, 5) is 13.9. The molecule has 1 amide bonds. The summed E-state index contributed by atoms with van der Waals surface area (Å²) >= 11 is 0. The Morgan fingerprint density at radius 1 is 1.09 bits per heavy atom. The number of amides is 1. The number of carbonyl (C=O) groups is 1. The number of nitrogens with zero attached hydrogens (tertiary/aromatic N) is 1. The summed E-state index contributed by atoms with van der Waals surface area (Å²) in [5.41, 5.74) is 1.22. The van der Waals surface area contributed by atoms with Gasteiger partial charge in [-0.1, -0.05) is 18.2 Å². The number of hydrogen-bond donors (Lipinski definition) is 0. The molecule has 2 rings (SSSR count). The van der Waals surface area contributed by atoms with E-state index in [0.29, 0.717) is 17.1 Å². The lowest BCUT2D eigenvalue weighted by Gasteiger charge is -2.19. The van der Waals surface area contributed by atoms with Gasteiger partial charge in [0, 0.05) is 24.7 Å². The van der Waals surface area contributed by atoms with E-state index in [-0.39, 0.29) is 24.7 Å². The summed E-state index contributed by atoms with van der Waals surface area (Å²) in [6, 6.07) is 11.7. The monoisotopic (exact) mass is 317 g/mol. The molecule has 0 heterocycles. The lowest BCUT2D eigenvalue weighted by atomic mass is 10.1. The lowest BCUT2D eigenvalue weighted by molar-refractivity contribution is -0.129. The minimum atomic E-state index is -0.314. The van der Waals surface area contributed by atoms with Crippen molar-refractivity contribution in [1.82, 2.24) is 4.90 Å². The zero-order chi connectivity index (χ0) is 16.8. The van der Waals surface area contributed by atoms with E-state index < -0.39 is 0 Å². The van der Waals surface area contributed by atoms with E-state index in [4.69, 9.17) is 9.47 Å². The highest BCUT2D eigenvalue weighted by atomic mass is 19.1. The number of hydrogen-bond acceptors (Lipinski definition) is 3. The average Bonchev–Trinajstić information content (AvgIpc) is 2.56. The Bertz CT molecular complexity index is 688. The molecule has 2 aromatic carbocycles. The Balaban J connectivity index is 2.10. The van der Waals surface area contributed by atoms with Crippen molar-refractivity contribution < 1.29 is 18.7 Å². The van der Waals surface area contributed by atoms with Gasteiger partial charge in [0.25, 0.3) is 0 Å². The molecule has 0 unspecified atom stereocenters. The molecule has 0 radical (unpaired) electrons. The van der Waals surface area contributed by atoms with Crippen LogP contribution in [0.5, 0.6) is 11.5 Å². The van der Waals surface area contributed by atoms with E-state index in [9.17, 15) is 9.18 Å². The van der Waals surface area contributed by atoms with Crippen molar-refractivity contribution in [3.63, 3.8) is 0 Å². The Kier molecular flexibility index (Phi) is 5.57. The van der Waals surface area contributed by atoms with Crippen LogP contribution in [0.3, 0.4) is 0 Å². The first-order valence-corrected chi connectivity index (χ1v) is 7.23. The van der Waals surface area contributed by atoms with Crippen LogP contribution in [0, 0.1) is 5.82 Å². The minimum absolute atomic E-state index is 0.125. The highest BCUT2D eigenvalue weighted by molar-refractivity contribution is 5.79. The Hall–Kier alpha value is -2.56. The van der Waals surface area contributed by atoms with Gasteiger partial charge in [0.1, 0.15) is 17.3 Å². The smallest absolute Gasteiger partial charge is 0.227 e. The molecule has 5 heteroatoms. The van der Waals surface area contributed by atoms with Crippen LogP contribution >= 0.6 is 0 Å². The molecule has 0 atom stereocenters. The molecule has 0 aliphatic carbocycles. The highest BCUT2D eigenvalue weighted by Crippen LogP contribution is 2.25. The van der Waals surface area contributed by atoms with Crippen LogP contribution in [0.1, 0.15) is 11.1 Å². The van der Waals surface area contributed by atoms with Crippen molar-refractivity contribution in [2.75, 3.05) is 21.3 Å². The van der Waals surface area contributed by atoms with Gasteiger partial charge in [-0.15, -0.1) is 0 Å². The number of rotatable bonds is 6. The number of methoxy groups -OCH3 is 2. The molecular weight excluding hydrogens is 297 g/mol. The molecule has 4 nitrogen and oxygen atoms in total. The lowest BCUT2D eigenvalue weighted by Crippen LogP contribution is -2.28. The van der Waals surface area contributed by atoms with Gasteiger partial charge in [-0.25, -0.2) is 4.39 Å². The molecule has 0 fully saturated rings. The molecule has 0 aliphatic rings. The summed E-state index contributed by atoms with van der Waals surface area (Å²) in [5.74, 6) is 0.842. The number of likely N-dealkylation sites (N-methyl/N-ethyl adjacent to an activating group) is 1. The van der Waals surface area contributed by atoms with Gasteiger partial charge >= 0.3 is 0 Å². The van der Waals surface area contributed by atoms with E-state index in [0.717, 1.165) is 5.56 Å². The van der Waals surface area contributed by atoms with Crippen LogP contribution in [-0.2, 0) is 17.8 Å². The molecule has 122 valence electrons. The van der Waals surface area contributed by atoms with E-state index in [1.54, 1.807) is 57.7 Å². The fourth-order valence-corrected chi connectivity index (χ4v) is 2.29. The summed E-state index contributed by atoms with van der Waals surface area (Å²) in [6.07, 6.45) is 0.158. The number of halogens is 1. The molecule has 23 heavy (non-hydrogen) atoms. The van der Waals surface area contributed by atoms with Crippen LogP contribution < -0.4 is 9.47 Å². The van der Waals surface area contributed by atoms with Crippen LogP contribution in [0.15, 0.2) is 42.5 Å². The minimum Gasteiger partial charge on any atom is -0.497 e. The first-order valence-electron chi connectivity index (χ1n) is 7.23. The zero-order valence-corrected chi connectivity index (χ0v) is 13.5. The molecule has 0 bridgehead atoms. The largest absolute Gasteiger partial charge is 0.497 e. The van der Waals surface area contributed by atoms with E-state index in [2.05, 4.69) is 0 Å². The summed E-state index contributed by atoms with van der Waals surface area (Å²) in [7, 11) is 4.78. The number of ether oxygens (including phenoxy) is 2.